The summed E-state index contributed by atoms with van der Waals surface area (Å²) in [4.78, 5) is 8.39. The Hall–Kier alpha value is -1.12. The highest BCUT2D eigenvalue weighted by Gasteiger charge is 2.22. The topological polar surface area (TPSA) is 46.0 Å². The largest absolute Gasteiger partial charge is 0.493 e. The van der Waals surface area contributed by atoms with Crippen LogP contribution in [0.3, 0.4) is 0 Å². The van der Waals surface area contributed by atoms with Crippen LogP contribution in [0.4, 0.5) is 0 Å². The van der Waals surface area contributed by atoms with E-state index in [1.165, 1.54) is 32.1 Å². The van der Waals surface area contributed by atoms with E-state index in [0.717, 1.165) is 11.3 Å². The minimum absolute atomic E-state index is 0.201. The maximum atomic E-state index is 9.87. The van der Waals surface area contributed by atoms with E-state index in [2.05, 4.69) is 9.97 Å². The van der Waals surface area contributed by atoms with Gasteiger partial charge in [0.25, 0.3) is 0 Å². The molecule has 0 saturated heterocycles. The Morgan fingerprint density at radius 3 is 2.33 bits per heavy atom. The average molecular weight is 206 g/mol. The van der Waals surface area contributed by atoms with E-state index in [9.17, 15) is 5.11 Å². The van der Waals surface area contributed by atoms with Crippen molar-refractivity contribution >= 4 is 0 Å². The molecule has 82 valence electrons. The van der Waals surface area contributed by atoms with Crippen molar-refractivity contribution in [2.45, 2.75) is 51.9 Å². The lowest BCUT2D eigenvalue weighted by Crippen LogP contribution is -2.09. The summed E-state index contributed by atoms with van der Waals surface area (Å²) in [5, 5.41) is 9.87. The Morgan fingerprint density at radius 1 is 1.07 bits per heavy atom. The molecule has 0 bridgehead atoms. The van der Waals surface area contributed by atoms with Crippen LogP contribution in [0.1, 0.15) is 55.1 Å². The molecule has 1 heterocycles. The van der Waals surface area contributed by atoms with Gasteiger partial charge in [0.2, 0.25) is 5.88 Å². The summed E-state index contributed by atoms with van der Waals surface area (Å²) in [6, 6.07) is 0. The number of aryl methyl sites for hydroxylation is 2. The minimum atomic E-state index is 0.201. The standard InChI is InChI=1S/C12H18N2O/c1-8-11(10-6-4-3-5-7-10)12(15)14-9(2)13-8/h10H,3-7H2,1-2H3,(H,13,14,15). The van der Waals surface area contributed by atoms with E-state index in [4.69, 9.17) is 0 Å². The fourth-order valence-corrected chi connectivity index (χ4v) is 2.57. The van der Waals surface area contributed by atoms with E-state index in [0.29, 0.717) is 11.7 Å². The second-order valence-corrected chi connectivity index (χ2v) is 4.43. The summed E-state index contributed by atoms with van der Waals surface area (Å²) in [6.45, 7) is 3.79. The maximum absolute atomic E-state index is 9.87. The van der Waals surface area contributed by atoms with Crippen LogP contribution >= 0.6 is 0 Å². The molecule has 0 unspecified atom stereocenters. The molecule has 0 amide bonds. The monoisotopic (exact) mass is 206 g/mol. The summed E-state index contributed by atoms with van der Waals surface area (Å²) < 4.78 is 0. The van der Waals surface area contributed by atoms with Crippen LogP contribution < -0.4 is 0 Å². The van der Waals surface area contributed by atoms with Gasteiger partial charge in [0.05, 0.1) is 0 Å². The zero-order chi connectivity index (χ0) is 10.8. The van der Waals surface area contributed by atoms with Crippen molar-refractivity contribution in [3.63, 3.8) is 0 Å². The molecule has 0 atom stereocenters. The molecule has 1 aromatic rings. The molecule has 2 rings (SSSR count). The zero-order valence-electron chi connectivity index (χ0n) is 9.45. The molecule has 0 aromatic carbocycles. The lowest BCUT2D eigenvalue weighted by atomic mass is 9.84. The number of nitrogens with zero attached hydrogens (tertiary/aromatic N) is 2. The van der Waals surface area contributed by atoms with Crippen LogP contribution in [-0.2, 0) is 0 Å². The molecular formula is C12H18N2O. The fourth-order valence-electron chi connectivity index (χ4n) is 2.57. The first kappa shape index (κ1) is 10.4. The summed E-state index contributed by atoms with van der Waals surface area (Å²) in [7, 11) is 0. The third-order valence-electron chi connectivity index (χ3n) is 3.24. The number of aromatic nitrogens is 2. The summed E-state index contributed by atoms with van der Waals surface area (Å²) >= 11 is 0. The van der Waals surface area contributed by atoms with E-state index in [1.807, 2.05) is 13.8 Å². The quantitative estimate of drug-likeness (QED) is 0.768. The van der Waals surface area contributed by atoms with Gasteiger partial charge in [-0.25, -0.2) is 4.98 Å². The third-order valence-corrected chi connectivity index (χ3v) is 3.24. The Labute approximate surface area is 90.6 Å². The first-order valence-corrected chi connectivity index (χ1v) is 5.72. The normalized spacial score (nSPS) is 18.0. The average Bonchev–Trinajstić information content (AvgIpc) is 2.17. The molecular weight excluding hydrogens is 188 g/mol. The molecule has 1 saturated carbocycles. The summed E-state index contributed by atoms with van der Waals surface area (Å²) in [6.07, 6.45) is 6.18. The molecule has 1 fully saturated rings. The van der Waals surface area contributed by atoms with Crippen LogP contribution in [-0.4, -0.2) is 15.1 Å². The predicted molar refractivity (Wildman–Crippen MR) is 59.0 cm³/mol. The highest BCUT2D eigenvalue weighted by atomic mass is 16.3. The highest BCUT2D eigenvalue weighted by Crippen LogP contribution is 2.37. The predicted octanol–water partition coefficient (Wildman–Crippen LogP) is 2.85. The van der Waals surface area contributed by atoms with Gasteiger partial charge in [-0.3, -0.25) is 0 Å². The van der Waals surface area contributed by atoms with Gasteiger partial charge in [-0.1, -0.05) is 19.3 Å². The van der Waals surface area contributed by atoms with Gasteiger partial charge < -0.3 is 5.11 Å². The highest BCUT2D eigenvalue weighted by molar-refractivity contribution is 5.33. The van der Waals surface area contributed by atoms with Crippen molar-refractivity contribution in [1.29, 1.82) is 0 Å². The van der Waals surface area contributed by atoms with Gasteiger partial charge in [0, 0.05) is 11.3 Å². The van der Waals surface area contributed by atoms with Gasteiger partial charge in [0.15, 0.2) is 0 Å². The van der Waals surface area contributed by atoms with Crippen molar-refractivity contribution in [2.75, 3.05) is 0 Å². The third kappa shape index (κ3) is 2.11. The Kier molecular flexibility index (Phi) is 2.89. The second-order valence-electron chi connectivity index (χ2n) is 4.43. The molecule has 3 heteroatoms. The van der Waals surface area contributed by atoms with Crippen LogP contribution in [0.15, 0.2) is 0 Å². The molecule has 0 spiro atoms. The Bertz CT molecular complexity index is 334. The van der Waals surface area contributed by atoms with Crippen LogP contribution in [0.2, 0.25) is 0 Å². The summed E-state index contributed by atoms with van der Waals surface area (Å²) in [5.74, 6) is 1.33. The van der Waals surface area contributed by atoms with E-state index in [1.54, 1.807) is 0 Å². The number of rotatable bonds is 1. The molecule has 1 aromatic heterocycles. The van der Waals surface area contributed by atoms with Gasteiger partial charge in [-0.15, -0.1) is 0 Å². The molecule has 0 radical (unpaired) electrons. The molecule has 1 aliphatic rings. The van der Waals surface area contributed by atoms with Crippen molar-refractivity contribution in [1.82, 2.24) is 9.97 Å². The molecule has 0 aliphatic heterocycles. The van der Waals surface area contributed by atoms with Crippen LogP contribution in [0.25, 0.3) is 0 Å². The van der Waals surface area contributed by atoms with Crippen molar-refractivity contribution < 1.29 is 5.11 Å². The van der Waals surface area contributed by atoms with Crippen molar-refractivity contribution in [3.8, 4) is 5.88 Å². The smallest absolute Gasteiger partial charge is 0.217 e. The second kappa shape index (κ2) is 4.17. The Balaban J connectivity index is 2.33. The molecule has 15 heavy (non-hydrogen) atoms. The first-order valence-electron chi connectivity index (χ1n) is 5.72. The maximum Gasteiger partial charge on any atom is 0.217 e. The fraction of sp³-hybridized carbons (Fsp3) is 0.667. The molecule has 1 aliphatic carbocycles. The van der Waals surface area contributed by atoms with Crippen LogP contribution in [0, 0.1) is 13.8 Å². The SMILES string of the molecule is Cc1nc(C)c(C2CCCCC2)c(O)n1. The zero-order valence-corrected chi connectivity index (χ0v) is 9.45. The molecule has 1 N–H and O–H groups in total. The number of aromatic hydroxyl groups is 1. The lowest BCUT2D eigenvalue weighted by molar-refractivity contribution is 0.398. The van der Waals surface area contributed by atoms with E-state index >= 15 is 0 Å². The number of hydrogen-bond acceptors (Lipinski definition) is 3. The number of hydrogen-bond donors (Lipinski definition) is 1. The van der Waals surface area contributed by atoms with E-state index in [-0.39, 0.29) is 5.88 Å². The van der Waals surface area contributed by atoms with Gasteiger partial charge >= 0.3 is 0 Å². The van der Waals surface area contributed by atoms with Crippen molar-refractivity contribution in [2.24, 2.45) is 0 Å². The van der Waals surface area contributed by atoms with Gasteiger partial charge in [-0.2, -0.15) is 4.98 Å². The van der Waals surface area contributed by atoms with Crippen LogP contribution in [0.5, 0.6) is 5.88 Å². The summed E-state index contributed by atoms with van der Waals surface area (Å²) in [5.41, 5.74) is 1.94. The van der Waals surface area contributed by atoms with E-state index < -0.39 is 0 Å². The first-order chi connectivity index (χ1) is 7.18. The van der Waals surface area contributed by atoms with Gasteiger partial charge in [0.1, 0.15) is 5.82 Å². The van der Waals surface area contributed by atoms with Gasteiger partial charge in [-0.05, 0) is 32.6 Å². The minimum Gasteiger partial charge on any atom is -0.493 e. The lowest BCUT2D eigenvalue weighted by Gasteiger charge is -2.23. The Morgan fingerprint density at radius 2 is 1.73 bits per heavy atom. The molecule has 3 nitrogen and oxygen atoms in total. The van der Waals surface area contributed by atoms with Crippen molar-refractivity contribution in [3.05, 3.63) is 17.1 Å².